The van der Waals surface area contributed by atoms with Crippen LogP contribution in [0.2, 0.25) is 0 Å². The summed E-state index contributed by atoms with van der Waals surface area (Å²) in [6.45, 7) is 5.82. The monoisotopic (exact) mass is 321 g/mol. The van der Waals surface area contributed by atoms with E-state index in [0.29, 0.717) is 11.8 Å². The first kappa shape index (κ1) is 17.4. The zero-order valence-corrected chi connectivity index (χ0v) is 13.8. The lowest BCUT2D eigenvalue weighted by Crippen LogP contribution is -2.47. The molecule has 0 spiro atoms. The number of nitrogens with one attached hydrogen (secondary N) is 1. The van der Waals surface area contributed by atoms with Crippen molar-refractivity contribution in [3.05, 3.63) is 35.6 Å². The predicted molar refractivity (Wildman–Crippen MR) is 85.4 cm³/mol. The van der Waals surface area contributed by atoms with Gasteiger partial charge in [0, 0.05) is 6.04 Å². The zero-order chi connectivity index (χ0) is 17.0. The highest BCUT2D eigenvalue weighted by Gasteiger charge is 2.30. The van der Waals surface area contributed by atoms with Crippen molar-refractivity contribution in [1.82, 2.24) is 5.32 Å². The maximum atomic E-state index is 13.6. The third-order valence-corrected chi connectivity index (χ3v) is 4.78. The molecule has 0 saturated heterocycles. The lowest BCUT2D eigenvalue weighted by molar-refractivity contribution is -0.130. The second-order valence-corrected chi connectivity index (χ2v) is 6.41. The predicted octanol–water partition coefficient (Wildman–Crippen LogP) is 3.31. The summed E-state index contributed by atoms with van der Waals surface area (Å²) in [5, 5.41) is 2.96. The fourth-order valence-corrected chi connectivity index (χ4v) is 2.99. The van der Waals surface area contributed by atoms with Gasteiger partial charge in [0.2, 0.25) is 0 Å². The van der Waals surface area contributed by atoms with Gasteiger partial charge in [-0.2, -0.15) is 0 Å². The van der Waals surface area contributed by atoms with E-state index in [2.05, 4.69) is 19.2 Å². The highest BCUT2D eigenvalue weighted by Crippen LogP contribution is 2.29. The van der Waals surface area contributed by atoms with E-state index in [0.717, 1.165) is 12.8 Å². The molecule has 2 rings (SSSR count). The number of benzene rings is 1. The maximum absolute atomic E-state index is 13.6. The Hall–Kier alpha value is -1.91. The highest BCUT2D eigenvalue weighted by atomic mass is 19.1. The summed E-state index contributed by atoms with van der Waals surface area (Å²) in [7, 11) is 0. The first-order valence-corrected chi connectivity index (χ1v) is 8.16. The fourth-order valence-electron chi connectivity index (χ4n) is 2.99. The van der Waals surface area contributed by atoms with Gasteiger partial charge in [0.15, 0.2) is 6.10 Å². The Morgan fingerprint density at radius 1 is 1.26 bits per heavy atom. The van der Waals surface area contributed by atoms with Gasteiger partial charge in [-0.1, -0.05) is 38.8 Å². The Bertz CT molecular complexity index is 575. The van der Waals surface area contributed by atoms with Crippen molar-refractivity contribution in [2.75, 3.05) is 0 Å². The quantitative estimate of drug-likeness (QED) is 0.866. The van der Waals surface area contributed by atoms with Crippen LogP contribution in [0.5, 0.6) is 0 Å². The van der Waals surface area contributed by atoms with Crippen LogP contribution in [-0.4, -0.2) is 24.0 Å². The molecule has 126 valence electrons. The van der Waals surface area contributed by atoms with Gasteiger partial charge in [0.1, 0.15) is 5.82 Å². The van der Waals surface area contributed by atoms with Crippen LogP contribution < -0.4 is 5.32 Å². The van der Waals surface area contributed by atoms with E-state index in [9.17, 15) is 14.0 Å². The molecule has 0 aromatic heterocycles. The van der Waals surface area contributed by atoms with Gasteiger partial charge < -0.3 is 10.1 Å². The van der Waals surface area contributed by atoms with Crippen molar-refractivity contribution in [2.45, 2.75) is 52.2 Å². The summed E-state index contributed by atoms with van der Waals surface area (Å²) in [4.78, 5) is 24.2. The van der Waals surface area contributed by atoms with Gasteiger partial charge in [-0.15, -0.1) is 0 Å². The topological polar surface area (TPSA) is 55.4 Å². The first-order chi connectivity index (χ1) is 10.9. The Labute approximate surface area is 136 Å². The summed E-state index contributed by atoms with van der Waals surface area (Å²) in [6, 6.07) is 5.67. The van der Waals surface area contributed by atoms with Crippen molar-refractivity contribution >= 4 is 11.9 Å². The van der Waals surface area contributed by atoms with Gasteiger partial charge in [0.05, 0.1) is 5.56 Å². The molecular weight excluding hydrogens is 297 g/mol. The molecule has 0 unspecified atom stereocenters. The van der Waals surface area contributed by atoms with E-state index in [-0.39, 0.29) is 17.5 Å². The number of hydrogen-bond acceptors (Lipinski definition) is 3. The number of hydrogen-bond donors (Lipinski definition) is 1. The zero-order valence-electron chi connectivity index (χ0n) is 13.8. The molecule has 4 atom stereocenters. The molecular formula is C18H24FNO3. The molecule has 4 nitrogen and oxygen atoms in total. The summed E-state index contributed by atoms with van der Waals surface area (Å²) in [5.74, 6) is -0.858. The Balaban J connectivity index is 1.92. The third kappa shape index (κ3) is 4.30. The molecule has 1 N–H and O–H groups in total. The van der Waals surface area contributed by atoms with Gasteiger partial charge in [-0.25, -0.2) is 9.18 Å². The average Bonchev–Trinajstić information content (AvgIpc) is 2.52. The Kier molecular flexibility index (Phi) is 5.74. The number of carbonyl (C=O) groups excluding carboxylic acids is 2. The minimum absolute atomic E-state index is 0.0980. The van der Waals surface area contributed by atoms with Crippen LogP contribution in [0.1, 0.15) is 50.4 Å². The van der Waals surface area contributed by atoms with Crippen LogP contribution in [0.3, 0.4) is 0 Å². The lowest BCUT2D eigenvalue weighted by atomic mass is 9.78. The van der Waals surface area contributed by atoms with Gasteiger partial charge in [-0.3, -0.25) is 4.79 Å². The molecule has 1 saturated carbocycles. The van der Waals surface area contributed by atoms with Crippen molar-refractivity contribution in [3.63, 3.8) is 0 Å². The number of carbonyl (C=O) groups is 2. The van der Waals surface area contributed by atoms with Gasteiger partial charge >= 0.3 is 5.97 Å². The molecule has 1 fully saturated rings. The molecule has 0 aliphatic heterocycles. The molecule has 1 amide bonds. The summed E-state index contributed by atoms with van der Waals surface area (Å²) >= 11 is 0. The standard InChI is InChI=1S/C18H24FNO3/c1-11-7-6-10-16(12(11)2)20-17(21)13(3)23-18(22)14-8-4-5-9-15(14)19/h4-5,8-9,11-13,16H,6-7,10H2,1-3H3,(H,20,21)/t11-,12-,13-,16-/m1/s1. The first-order valence-electron chi connectivity index (χ1n) is 8.16. The van der Waals surface area contributed by atoms with Gasteiger partial charge in [0.25, 0.3) is 5.91 Å². The minimum atomic E-state index is -0.952. The van der Waals surface area contributed by atoms with Crippen molar-refractivity contribution in [2.24, 2.45) is 11.8 Å². The van der Waals surface area contributed by atoms with E-state index in [4.69, 9.17) is 4.74 Å². The van der Waals surface area contributed by atoms with Crippen LogP contribution in [0.25, 0.3) is 0 Å². The van der Waals surface area contributed by atoms with Gasteiger partial charge in [-0.05, 0) is 37.3 Å². The van der Waals surface area contributed by atoms with Crippen LogP contribution in [0, 0.1) is 17.7 Å². The van der Waals surface area contributed by atoms with Crippen LogP contribution in [0.15, 0.2) is 24.3 Å². The Morgan fingerprint density at radius 3 is 2.65 bits per heavy atom. The normalized spacial score (nSPS) is 25.5. The molecule has 23 heavy (non-hydrogen) atoms. The maximum Gasteiger partial charge on any atom is 0.341 e. The SMILES string of the molecule is C[C@@H]1[C@H](C)CCC[C@H]1NC(=O)[C@@H](C)OC(=O)c1ccccc1F. The van der Waals surface area contributed by atoms with Crippen LogP contribution in [0.4, 0.5) is 4.39 Å². The van der Waals surface area contributed by atoms with E-state index >= 15 is 0 Å². The average molecular weight is 321 g/mol. The number of halogens is 1. The molecule has 5 heteroatoms. The molecule has 0 radical (unpaired) electrons. The smallest absolute Gasteiger partial charge is 0.341 e. The van der Waals surface area contributed by atoms with E-state index in [1.54, 1.807) is 6.07 Å². The van der Waals surface area contributed by atoms with E-state index in [1.165, 1.54) is 31.5 Å². The summed E-state index contributed by atoms with van der Waals surface area (Å²) in [5.41, 5.74) is -0.160. The van der Waals surface area contributed by atoms with Crippen molar-refractivity contribution < 1.29 is 18.7 Å². The fraction of sp³-hybridized carbons (Fsp3) is 0.556. The largest absolute Gasteiger partial charge is 0.449 e. The van der Waals surface area contributed by atoms with Crippen LogP contribution in [-0.2, 0) is 9.53 Å². The number of rotatable bonds is 4. The van der Waals surface area contributed by atoms with E-state index in [1.807, 2.05) is 0 Å². The van der Waals surface area contributed by atoms with Crippen molar-refractivity contribution in [3.8, 4) is 0 Å². The number of ether oxygens (including phenoxy) is 1. The van der Waals surface area contributed by atoms with Crippen LogP contribution >= 0.6 is 0 Å². The van der Waals surface area contributed by atoms with E-state index < -0.39 is 17.9 Å². The minimum Gasteiger partial charge on any atom is -0.449 e. The summed E-state index contributed by atoms with van der Waals surface area (Å²) < 4.78 is 18.6. The second-order valence-electron chi connectivity index (χ2n) is 6.41. The molecule has 0 bridgehead atoms. The highest BCUT2D eigenvalue weighted by molar-refractivity contribution is 5.92. The number of esters is 1. The summed E-state index contributed by atoms with van der Waals surface area (Å²) in [6.07, 6.45) is 2.24. The molecule has 1 aliphatic carbocycles. The van der Waals surface area contributed by atoms with Crippen molar-refractivity contribution in [1.29, 1.82) is 0 Å². The molecule has 1 aromatic carbocycles. The number of amides is 1. The molecule has 0 heterocycles. The lowest BCUT2D eigenvalue weighted by Gasteiger charge is -2.35. The Morgan fingerprint density at radius 2 is 1.96 bits per heavy atom. The third-order valence-electron chi connectivity index (χ3n) is 4.78. The molecule has 1 aliphatic rings. The second kappa shape index (κ2) is 7.57. The molecule has 1 aromatic rings.